The summed E-state index contributed by atoms with van der Waals surface area (Å²) in [6.45, 7) is 0. The third kappa shape index (κ3) is 3.85. The van der Waals surface area contributed by atoms with Crippen LogP contribution in [0.15, 0.2) is 0 Å². The Bertz CT molecular complexity index is 163. The van der Waals surface area contributed by atoms with Crippen molar-refractivity contribution in [2.45, 2.75) is 11.9 Å². The van der Waals surface area contributed by atoms with Crippen molar-refractivity contribution >= 4 is 26.0 Å². The van der Waals surface area contributed by atoms with Gasteiger partial charge in [0.25, 0.3) is 10.1 Å². The van der Waals surface area contributed by atoms with Crippen LogP contribution < -0.4 is 0 Å². The second-order valence-corrected chi connectivity index (χ2v) is 3.81. The lowest BCUT2D eigenvalue weighted by molar-refractivity contribution is 0.231. The maximum absolute atomic E-state index is 10.0. The van der Waals surface area contributed by atoms with Crippen LogP contribution in [-0.4, -0.2) is 28.8 Å². The second-order valence-electron chi connectivity index (χ2n) is 1.45. The lowest BCUT2D eigenvalue weighted by atomic mass is 10.5. The van der Waals surface area contributed by atoms with E-state index >= 15 is 0 Å². The molecule has 0 rings (SSSR count). The average Bonchev–Trinajstić information content (AvgIpc) is 1.64. The summed E-state index contributed by atoms with van der Waals surface area (Å²) in [6.07, 6.45) is -0.00116. The fourth-order valence-electron chi connectivity index (χ4n) is 0.242. The molecule has 0 bridgehead atoms. The van der Waals surface area contributed by atoms with Gasteiger partial charge in [-0.1, -0.05) is 15.9 Å². The Labute approximate surface area is 61.8 Å². The monoisotopic (exact) mass is 218 g/mol. The number of hydrogen-bond donors (Lipinski definition) is 2. The van der Waals surface area contributed by atoms with Gasteiger partial charge in [0.2, 0.25) is 0 Å². The molecule has 0 aliphatic heterocycles. The van der Waals surface area contributed by atoms with E-state index in [1.807, 2.05) is 0 Å². The Morgan fingerprint density at radius 2 is 2.00 bits per heavy atom. The number of rotatable bonds is 3. The van der Waals surface area contributed by atoms with Crippen molar-refractivity contribution in [2.75, 3.05) is 5.33 Å². The zero-order valence-electron chi connectivity index (χ0n) is 4.49. The molecule has 0 spiro atoms. The fourth-order valence-corrected chi connectivity index (χ4v) is 1.39. The van der Waals surface area contributed by atoms with E-state index in [9.17, 15) is 8.42 Å². The second kappa shape index (κ2) is 3.50. The Morgan fingerprint density at radius 3 is 2.11 bits per heavy atom. The van der Waals surface area contributed by atoms with Crippen LogP contribution in [0.1, 0.15) is 6.42 Å². The highest BCUT2D eigenvalue weighted by molar-refractivity contribution is 9.09. The standard InChI is InChI=1S/C3H7BrO4S/c4-2-1-3(5)9(6,7)8/h3,5H,1-2H2,(H,6,7,8). The fraction of sp³-hybridized carbons (Fsp3) is 1.00. The molecule has 0 aliphatic rings. The van der Waals surface area contributed by atoms with Crippen molar-refractivity contribution in [3.8, 4) is 0 Å². The molecule has 0 saturated carbocycles. The van der Waals surface area contributed by atoms with Gasteiger partial charge in [-0.05, 0) is 6.42 Å². The van der Waals surface area contributed by atoms with Crippen LogP contribution in [0.3, 0.4) is 0 Å². The lowest BCUT2D eigenvalue weighted by Crippen LogP contribution is -2.19. The van der Waals surface area contributed by atoms with Crippen molar-refractivity contribution in [1.29, 1.82) is 0 Å². The van der Waals surface area contributed by atoms with Gasteiger partial charge in [0.1, 0.15) is 0 Å². The van der Waals surface area contributed by atoms with Gasteiger partial charge in [0.05, 0.1) is 0 Å². The van der Waals surface area contributed by atoms with Crippen molar-refractivity contribution in [3.05, 3.63) is 0 Å². The van der Waals surface area contributed by atoms with Crippen molar-refractivity contribution in [1.82, 2.24) is 0 Å². The minimum Gasteiger partial charge on any atom is -0.375 e. The number of aliphatic hydroxyl groups excluding tert-OH is 1. The third-order valence-corrected chi connectivity index (χ3v) is 2.08. The molecule has 0 radical (unpaired) electrons. The molecular weight excluding hydrogens is 212 g/mol. The smallest absolute Gasteiger partial charge is 0.292 e. The molecule has 6 heteroatoms. The number of halogens is 1. The quantitative estimate of drug-likeness (QED) is 0.516. The molecule has 1 atom stereocenters. The van der Waals surface area contributed by atoms with Gasteiger partial charge in [-0.25, -0.2) is 0 Å². The first-order chi connectivity index (χ1) is 3.98. The Morgan fingerprint density at radius 1 is 1.56 bits per heavy atom. The van der Waals surface area contributed by atoms with E-state index in [0.29, 0.717) is 5.33 Å². The Balaban J connectivity index is 3.90. The molecular formula is C3H7BrO4S. The van der Waals surface area contributed by atoms with E-state index < -0.39 is 15.6 Å². The van der Waals surface area contributed by atoms with Crippen LogP contribution in [0.2, 0.25) is 0 Å². The lowest BCUT2D eigenvalue weighted by Gasteiger charge is -2.01. The summed E-state index contributed by atoms with van der Waals surface area (Å²) in [5, 5.41) is 8.86. The maximum atomic E-state index is 10.0. The highest BCUT2D eigenvalue weighted by Crippen LogP contribution is 2.01. The molecule has 0 aromatic heterocycles. The van der Waals surface area contributed by atoms with E-state index in [1.54, 1.807) is 0 Å². The first-order valence-corrected chi connectivity index (χ1v) is 4.81. The Kier molecular flexibility index (Phi) is 3.64. The van der Waals surface area contributed by atoms with Crippen molar-refractivity contribution in [2.24, 2.45) is 0 Å². The number of alkyl halides is 1. The summed E-state index contributed by atoms with van der Waals surface area (Å²) < 4.78 is 28.1. The number of hydrogen-bond acceptors (Lipinski definition) is 3. The predicted octanol–water partition coefficient (Wildman–Crippen LogP) is -0.0224. The third-order valence-electron chi connectivity index (χ3n) is 0.700. The van der Waals surface area contributed by atoms with E-state index in [2.05, 4.69) is 15.9 Å². The topological polar surface area (TPSA) is 74.6 Å². The van der Waals surface area contributed by atoms with Crippen molar-refractivity contribution in [3.63, 3.8) is 0 Å². The van der Waals surface area contributed by atoms with Gasteiger partial charge in [0.15, 0.2) is 5.44 Å². The van der Waals surface area contributed by atoms with Gasteiger partial charge in [-0.2, -0.15) is 8.42 Å². The van der Waals surface area contributed by atoms with Crippen LogP contribution in [0.25, 0.3) is 0 Å². The van der Waals surface area contributed by atoms with Crippen molar-refractivity contribution < 1.29 is 18.1 Å². The summed E-state index contributed by atoms with van der Waals surface area (Å²) in [5.74, 6) is 0. The molecule has 0 fully saturated rings. The summed E-state index contributed by atoms with van der Waals surface area (Å²) >= 11 is 2.91. The van der Waals surface area contributed by atoms with E-state index in [4.69, 9.17) is 9.66 Å². The molecule has 0 aromatic rings. The normalized spacial score (nSPS) is 15.4. The van der Waals surface area contributed by atoms with Gasteiger partial charge < -0.3 is 5.11 Å². The van der Waals surface area contributed by atoms with E-state index in [1.165, 1.54) is 0 Å². The first-order valence-electron chi connectivity index (χ1n) is 2.19. The molecule has 0 amide bonds. The van der Waals surface area contributed by atoms with E-state index in [-0.39, 0.29) is 6.42 Å². The molecule has 0 heterocycles. The zero-order valence-corrected chi connectivity index (χ0v) is 6.89. The molecule has 0 aromatic carbocycles. The molecule has 0 aliphatic carbocycles. The minimum absolute atomic E-state index is 0.00116. The molecule has 1 unspecified atom stereocenters. The summed E-state index contributed by atoms with van der Waals surface area (Å²) in [6, 6.07) is 0. The zero-order chi connectivity index (χ0) is 7.49. The van der Waals surface area contributed by atoms with Gasteiger partial charge in [-0.15, -0.1) is 0 Å². The summed E-state index contributed by atoms with van der Waals surface area (Å²) in [7, 11) is -4.24. The van der Waals surface area contributed by atoms with E-state index in [0.717, 1.165) is 0 Å². The molecule has 9 heavy (non-hydrogen) atoms. The van der Waals surface area contributed by atoms with Crippen LogP contribution >= 0.6 is 15.9 Å². The SMILES string of the molecule is O=S(=O)(O)C(O)CCBr. The average molecular weight is 219 g/mol. The highest BCUT2D eigenvalue weighted by Gasteiger charge is 2.17. The Hall–Kier alpha value is 0.350. The highest BCUT2D eigenvalue weighted by atomic mass is 79.9. The largest absolute Gasteiger partial charge is 0.375 e. The van der Waals surface area contributed by atoms with Crippen LogP contribution in [0.4, 0.5) is 0 Å². The maximum Gasteiger partial charge on any atom is 0.292 e. The molecule has 4 nitrogen and oxygen atoms in total. The predicted molar refractivity (Wildman–Crippen MR) is 36.0 cm³/mol. The number of aliphatic hydroxyl groups is 1. The molecule has 0 saturated heterocycles. The summed E-state index contributed by atoms with van der Waals surface area (Å²) in [4.78, 5) is 0. The van der Waals surface area contributed by atoms with Crippen LogP contribution in [-0.2, 0) is 10.1 Å². The van der Waals surface area contributed by atoms with Gasteiger partial charge >= 0.3 is 0 Å². The van der Waals surface area contributed by atoms with Gasteiger partial charge in [0, 0.05) is 5.33 Å². The first kappa shape index (κ1) is 9.35. The molecule has 56 valence electrons. The van der Waals surface area contributed by atoms with Crippen LogP contribution in [0, 0.1) is 0 Å². The van der Waals surface area contributed by atoms with Gasteiger partial charge in [-0.3, -0.25) is 4.55 Å². The minimum atomic E-state index is -4.24. The van der Waals surface area contributed by atoms with Crippen LogP contribution in [0.5, 0.6) is 0 Å². The summed E-state index contributed by atoms with van der Waals surface area (Å²) in [5.41, 5.74) is -1.66. The molecule has 2 N–H and O–H groups in total.